The van der Waals surface area contributed by atoms with Crippen LogP contribution in [0.2, 0.25) is 0 Å². The van der Waals surface area contributed by atoms with E-state index in [0.717, 1.165) is 23.4 Å². The van der Waals surface area contributed by atoms with E-state index in [-0.39, 0.29) is 5.91 Å². The van der Waals surface area contributed by atoms with Crippen LogP contribution in [0.15, 0.2) is 36.8 Å². The number of nitrogens with one attached hydrogen (secondary N) is 2. The molecule has 5 heteroatoms. The lowest BCUT2D eigenvalue weighted by Gasteiger charge is -2.10. The van der Waals surface area contributed by atoms with Gasteiger partial charge >= 0.3 is 0 Å². The lowest BCUT2D eigenvalue weighted by molar-refractivity contribution is 0.0951. The molecule has 5 nitrogen and oxygen atoms in total. The summed E-state index contributed by atoms with van der Waals surface area (Å²) in [5.41, 5.74) is 3.34. The average molecular weight is 270 g/mol. The quantitative estimate of drug-likeness (QED) is 0.872. The van der Waals surface area contributed by atoms with Crippen LogP contribution in [0, 0.1) is 0 Å². The van der Waals surface area contributed by atoms with Crippen LogP contribution in [0.4, 0.5) is 5.69 Å². The summed E-state index contributed by atoms with van der Waals surface area (Å²) in [6.07, 6.45) is 5.84. The van der Waals surface area contributed by atoms with E-state index in [1.54, 1.807) is 31.7 Å². The molecule has 0 unspecified atom stereocenters. The van der Waals surface area contributed by atoms with Crippen LogP contribution in [0.5, 0.6) is 0 Å². The Kier molecular flexibility index (Phi) is 4.65. The third kappa shape index (κ3) is 3.12. The highest BCUT2D eigenvalue weighted by Crippen LogP contribution is 2.13. The predicted molar refractivity (Wildman–Crippen MR) is 78.6 cm³/mol. The third-order valence-corrected chi connectivity index (χ3v) is 3.12. The fourth-order valence-corrected chi connectivity index (χ4v) is 2.01. The molecule has 2 aromatic rings. The summed E-state index contributed by atoms with van der Waals surface area (Å²) in [7, 11) is 1.78. The van der Waals surface area contributed by atoms with E-state index in [2.05, 4.69) is 27.5 Å². The van der Waals surface area contributed by atoms with Crippen molar-refractivity contribution in [1.29, 1.82) is 0 Å². The van der Waals surface area contributed by atoms with E-state index >= 15 is 0 Å². The molecule has 0 radical (unpaired) electrons. The van der Waals surface area contributed by atoms with Gasteiger partial charge in [-0.05, 0) is 24.1 Å². The first-order valence-corrected chi connectivity index (χ1v) is 6.59. The maximum Gasteiger partial charge on any atom is 0.255 e. The molecule has 0 spiro atoms. The minimum atomic E-state index is -0.157. The molecule has 0 atom stereocenters. The summed E-state index contributed by atoms with van der Waals surface area (Å²) in [6.45, 7) is 2.49. The van der Waals surface area contributed by atoms with Crippen molar-refractivity contribution in [3.8, 4) is 0 Å². The molecule has 0 saturated heterocycles. The molecule has 0 aliphatic carbocycles. The molecule has 0 fully saturated rings. The van der Waals surface area contributed by atoms with Crippen molar-refractivity contribution in [1.82, 2.24) is 15.3 Å². The van der Waals surface area contributed by atoms with Gasteiger partial charge in [0.2, 0.25) is 0 Å². The molecule has 0 aliphatic heterocycles. The Labute approximate surface area is 118 Å². The highest BCUT2D eigenvalue weighted by atomic mass is 16.1. The second-order valence-corrected chi connectivity index (χ2v) is 4.32. The number of aromatic nitrogens is 2. The normalized spacial score (nSPS) is 10.1. The molecule has 2 heterocycles. The van der Waals surface area contributed by atoms with Gasteiger partial charge in [-0.1, -0.05) is 13.0 Å². The summed E-state index contributed by atoms with van der Waals surface area (Å²) in [4.78, 5) is 20.5. The van der Waals surface area contributed by atoms with Crippen LogP contribution in [-0.4, -0.2) is 22.9 Å². The monoisotopic (exact) mass is 270 g/mol. The van der Waals surface area contributed by atoms with Crippen molar-refractivity contribution in [3.05, 3.63) is 53.6 Å². The summed E-state index contributed by atoms with van der Waals surface area (Å²) in [5.74, 6) is -0.157. The number of amides is 1. The molecular weight excluding hydrogens is 252 g/mol. The zero-order valence-electron chi connectivity index (χ0n) is 11.7. The lowest BCUT2D eigenvalue weighted by atomic mass is 10.1. The van der Waals surface area contributed by atoms with Gasteiger partial charge in [-0.2, -0.15) is 0 Å². The fourth-order valence-electron chi connectivity index (χ4n) is 2.01. The number of anilines is 1. The summed E-state index contributed by atoms with van der Waals surface area (Å²) in [6, 6.07) is 5.70. The number of nitrogens with zero attached hydrogens (tertiary/aromatic N) is 2. The summed E-state index contributed by atoms with van der Waals surface area (Å²) < 4.78 is 0. The van der Waals surface area contributed by atoms with Crippen molar-refractivity contribution in [2.24, 2.45) is 0 Å². The molecule has 2 N–H and O–H groups in total. The van der Waals surface area contributed by atoms with Gasteiger partial charge in [-0.15, -0.1) is 0 Å². The Morgan fingerprint density at radius 3 is 2.90 bits per heavy atom. The van der Waals surface area contributed by atoms with Crippen LogP contribution in [0.25, 0.3) is 0 Å². The van der Waals surface area contributed by atoms with E-state index in [0.29, 0.717) is 12.1 Å². The largest absolute Gasteiger partial charge is 0.387 e. The first-order chi connectivity index (χ1) is 9.76. The molecule has 20 heavy (non-hydrogen) atoms. The van der Waals surface area contributed by atoms with E-state index in [1.165, 1.54) is 0 Å². The Balaban J connectivity index is 2.09. The minimum Gasteiger partial charge on any atom is -0.387 e. The summed E-state index contributed by atoms with van der Waals surface area (Å²) in [5, 5.41) is 5.86. The molecule has 0 aromatic carbocycles. The van der Waals surface area contributed by atoms with Crippen molar-refractivity contribution < 1.29 is 4.79 Å². The number of carbonyl (C=O) groups excluding carboxylic acids is 1. The second-order valence-electron chi connectivity index (χ2n) is 4.32. The SMILES string of the molecule is CCc1cccnc1CNC(=O)c1cnccc1NC. The Morgan fingerprint density at radius 2 is 2.15 bits per heavy atom. The molecule has 2 aromatic heterocycles. The van der Waals surface area contributed by atoms with Gasteiger partial charge < -0.3 is 10.6 Å². The molecule has 1 amide bonds. The maximum absolute atomic E-state index is 12.2. The van der Waals surface area contributed by atoms with Crippen molar-refractivity contribution in [3.63, 3.8) is 0 Å². The van der Waals surface area contributed by atoms with Crippen LogP contribution in [0.3, 0.4) is 0 Å². The highest BCUT2D eigenvalue weighted by Gasteiger charge is 2.11. The van der Waals surface area contributed by atoms with Gasteiger partial charge in [0.15, 0.2) is 0 Å². The van der Waals surface area contributed by atoms with Gasteiger partial charge in [-0.25, -0.2) is 0 Å². The lowest BCUT2D eigenvalue weighted by Crippen LogP contribution is -2.25. The molecule has 104 valence electrons. The number of pyridine rings is 2. The van der Waals surface area contributed by atoms with Gasteiger partial charge in [-0.3, -0.25) is 14.8 Å². The second kappa shape index (κ2) is 6.65. The molecular formula is C15H18N4O. The Bertz CT molecular complexity index is 598. The van der Waals surface area contributed by atoms with Crippen LogP contribution < -0.4 is 10.6 Å². The van der Waals surface area contributed by atoms with Gasteiger partial charge in [0, 0.05) is 31.3 Å². The first kappa shape index (κ1) is 14.0. The maximum atomic E-state index is 12.2. The molecule has 0 saturated carbocycles. The van der Waals surface area contributed by atoms with E-state index in [9.17, 15) is 4.79 Å². The van der Waals surface area contributed by atoms with E-state index in [4.69, 9.17) is 0 Å². The van der Waals surface area contributed by atoms with Crippen LogP contribution in [0.1, 0.15) is 28.5 Å². The standard InChI is InChI=1S/C15H18N4O/c1-3-11-5-4-7-18-14(11)10-19-15(20)12-9-17-8-6-13(12)16-2/h4-9H,3,10H2,1-2H3,(H,16,17)(H,19,20). The summed E-state index contributed by atoms with van der Waals surface area (Å²) >= 11 is 0. The van der Waals surface area contributed by atoms with Crippen molar-refractivity contribution in [2.45, 2.75) is 19.9 Å². The average Bonchev–Trinajstić information content (AvgIpc) is 2.52. The molecule has 0 bridgehead atoms. The predicted octanol–water partition coefficient (Wildman–Crippen LogP) is 2.01. The number of hydrogen-bond donors (Lipinski definition) is 2. The molecule has 2 rings (SSSR count). The van der Waals surface area contributed by atoms with Gasteiger partial charge in [0.25, 0.3) is 5.91 Å². The van der Waals surface area contributed by atoms with Crippen LogP contribution in [-0.2, 0) is 13.0 Å². The minimum absolute atomic E-state index is 0.157. The topological polar surface area (TPSA) is 66.9 Å². The van der Waals surface area contributed by atoms with Crippen LogP contribution >= 0.6 is 0 Å². The van der Waals surface area contributed by atoms with E-state index in [1.807, 2.05) is 12.1 Å². The number of rotatable bonds is 5. The highest BCUT2D eigenvalue weighted by molar-refractivity contribution is 5.99. The third-order valence-electron chi connectivity index (χ3n) is 3.12. The van der Waals surface area contributed by atoms with Gasteiger partial charge in [0.1, 0.15) is 0 Å². The first-order valence-electron chi connectivity index (χ1n) is 6.59. The smallest absolute Gasteiger partial charge is 0.255 e. The van der Waals surface area contributed by atoms with Crippen molar-refractivity contribution >= 4 is 11.6 Å². The van der Waals surface area contributed by atoms with E-state index < -0.39 is 0 Å². The number of hydrogen-bond acceptors (Lipinski definition) is 4. The molecule has 0 aliphatic rings. The Hall–Kier alpha value is -2.43. The zero-order valence-corrected chi connectivity index (χ0v) is 11.7. The zero-order chi connectivity index (χ0) is 14.4. The fraction of sp³-hybridized carbons (Fsp3) is 0.267. The van der Waals surface area contributed by atoms with Gasteiger partial charge in [0.05, 0.1) is 17.8 Å². The van der Waals surface area contributed by atoms with Crippen molar-refractivity contribution in [2.75, 3.05) is 12.4 Å². The Morgan fingerprint density at radius 1 is 1.30 bits per heavy atom. The number of aryl methyl sites for hydroxylation is 1. The number of carbonyl (C=O) groups is 1.